The van der Waals surface area contributed by atoms with Gasteiger partial charge in [-0.15, -0.1) is 0 Å². The predicted molar refractivity (Wildman–Crippen MR) is 172 cm³/mol. The highest BCUT2D eigenvalue weighted by molar-refractivity contribution is 8.03. The SMILES string of the molecule is COc1ccccc1NC(=O)C1=C(C)NC(SCC(=O)Nc2ccc(C)c(S(=O)(=O)N(C)C)c2)=C(C#N)C1c1ccccc1. The van der Waals surface area contributed by atoms with Crippen LogP contribution in [-0.4, -0.2) is 51.5 Å². The van der Waals surface area contributed by atoms with Gasteiger partial charge in [0.15, 0.2) is 0 Å². The van der Waals surface area contributed by atoms with Gasteiger partial charge in [-0.2, -0.15) is 5.26 Å². The maximum atomic E-state index is 13.7. The third kappa shape index (κ3) is 6.97. The Morgan fingerprint density at radius 1 is 1.02 bits per heavy atom. The smallest absolute Gasteiger partial charge is 0.254 e. The summed E-state index contributed by atoms with van der Waals surface area (Å²) in [5.41, 5.74) is 3.31. The van der Waals surface area contributed by atoms with E-state index in [9.17, 15) is 23.3 Å². The quantitative estimate of drug-likeness (QED) is 0.285. The summed E-state index contributed by atoms with van der Waals surface area (Å²) >= 11 is 1.12. The van der Waals surface area contributed by atoms with Crippen molar-refractivity contribution in [3.63, 3.8) is 0 Å². The predicted octanol–water partition coefficient (Wildman–Crippen LogP) is 4.96. The highest BCUT2D eigenvalue weighted by atomic mass is 32.2. The highest BCUT2D eigenvalue weighted by Crippen LogP contribution is 2.41. The zero-order valence-corrected chi connectivity index (χ0v) is 26.6. The second-order valence-corrected chi connectivity index (χ2v) is 13.2. The molecular weight excluding hydrogens is 599 g/mol. The van der Waals surface area contributed by atoms with E-state index < -0.39 is 27.8 Å². The molecule has 3 aromatic carbocycles. The number of carbonyl (C=O) groups excluding carboxylic acids is 2. The minimum Gasteiger partial charge on any atom is -0.495 e. The van der Waals surface area contributed by atoms with Gasteiger partial charge in [0.25, 0.3) is 5.91 Å². The van der Waals surface area contributed by atoms with E-state index in [2.05, 4.69) is 22.0 Å². The van der Waals surface area contributed by atoms with Crippen LogP contribution in [0.4, 0.5) is 11.4 Å². The molecule has 0 aromatic heterocycles. The molecule has 0 fully saturated rings. The van der Waals surface area contributed by atoms with Crippen LogP contribution in [-0.2, 0) is 19.6 Å². The van der Waals surface area contributed by atoms with E-state index in [4.69, 9.17) is 4.74 Å². The van der Waals surface area contributed by atoms with Gasteiger partial charge in [0, 0.05) is 31.1 Å². The molecule has 0 spiro atoms. The van der Waals surface area contributed by atoms with Crippen molar-refractivity contribution in [3.05, 3.63) is 106 Å². The number of carbonyl (C=O) groups is 2. The molecule has 0 aliphatic carbocycles. The van der Waals surface area contributed by atoms with E-state index in [1.807, 2.05) is 30.3 Å². The lowest BCUT2D eigenvalue weighted by molar-refractivity contribution is -0.114. The molecule has 1 aliphatic heterocycles. The minimum atomic E-state index is -3.70. The van der Waals surface area contributed by atoms with Crippen LogP contribution in [0.25, 0.3) is 0 Å². The van der Waals surface area contributed by atoms with Crippen molar-refractivity contribution < 1.29 is 22.7 Å². The second-order valence-electron chi connectivity index (χ2n) is 10.1. The van der Waals surface area contributed by atoms with Gasteiger partial charge >= 0.3 is 0 Å². The number of methoxy groups -OCH3 is 1. The van der Waals surface area contributed by atoms with Gasteiger partial charge in [0.05, 0.1) is 46.0 Å². The van der Waals surface area contributed by atoms with Crippen LogP contribution in [0.5, 0.6) is 5.75 Å². The van der Waals surface area contributed by atoms with Crippen LogP contribution < -0.4 is 20.7 Å². The molecule has 1 atom stereocenters. The molecule has 1 unspecified atom stereocenters. The monoisotopic (exact) mass is 631 g/mol. The molecule has 44 heavy (non-hydrogen) atoms. The number of amides is 2. The number of ether oxygens (including phenoxy) is 1. The zero-order valence-electron chi connectivity index (χ0n) is 25.0. The molecular formula is C32H33N5O5S2. The molecule has 0 bridgehead atoms. The third-order valence-electron chi connectivity index (χ3n) is 6.96. The Labute approximate surface area is 261 Å². The lowest BCUT2D eigenvalue weighted by Crippen LogP contribution is -2.31. The Morgan fingerprint density at radius 2 is 1.70 bits per heavy atom. The lowest BCUT2D eigenvalue weighted by Gasteiger charge is -2.30. The summed E-state index contributed by atoms with van der Waals surface area (Å²) < 4.78 is 31.9. The number of anilines is 2. The molecule has 3 aromatic rings. The van der Waals surface area contributed by atoms with E-state index in [1.165, 1.54) is 27.3 Å². The molecule has 10 nitrogen and oxygen atoms in total. The average molecular weight is 632 g/mol. The Hall–Kier alpha value is -4.57. The number of nitrogens with one attached hydrogen (secondary N) is 3. The third-order valence-corrected chi connectivity index (χ3v) is 9.93. The first-order valence-electron chi connectivity index (χ1n) is 13.5. The van der Waals surface area contributed by atoms with Crippen molar-refractivity contribution in [2.75, 3.05) is 37.6 Å². The molecule has 2 amide bonds. The first kappa shape index (κ1) is 32.3. The van der Waals surface area contributed by atoms with Gasteiger partial charge in [0.1, 0.15) is 5.75 Å². The Bertz CT molecular complexity index is 1790. The van der Waals surface area contributed by atoms with Crippen LogP contribution in [0.1, 0.15) is 24.0 Å². The van der Waals surface area contributed by atoms with Crippen molar-refractivity contribution in [1.29, 1.82) is 5.26 Å². The number of benzene rings is 3. The normalized spacial score (nSPS) is 15.0. The summed E-state index contributed by atoms with van der Waals surface area (Å²) in [7, 11) is 0.707. The fraction of sp³-hybridized carbons (Fsp3) is 0.219. The maximum absolute atomic E-state index is 13.7. The summed E-state index contributed by atoms with van der Waals surface area (Å²) in [6.45, 7) is 3.44. The van der Waals surface area contributed by atoms with Gasteiger partial charge < -0.3 is 20.7 Å². The summed E-state index contributed by atoms with van der Waals surface area (Å²) in [6.07, 6.45) is 0. The largest absolute Gasteiger partial charge is 0.495 e. The number of para-hydroxylation sites is 2. The summed E-state index contributed by atoms with van der Waals surface area (Å²) in [4.78, 5) is 26.8. The van der Waals surface area contributed by atoms with Crippen LogP contribution in [0.15, 0.2) is 99.6 Å². The number of hydrogen-bond donors (Lipinski definition) is 3. The molecule has 1 aliphatic rings. The number of thioether (sulfide) groups is 1. The Morgan fingerprint density at radius 3 is 2.36 bits per heavy atom. The van der Waals surface area contributed by atoms with Gasteiger partial charge in [-0.1, -0.05) is 60.3 Å². The van der Waals surface area contributed by atoms with Crippen LogP contribution in [0, 0.1) is 18.3 Å². The van der Waals surface area contributed by atoms with E-state index in [0.717, 1.165) is 21.6 Å². The highest BCUT2D eigenvalue weighted by Gasteiger charge is 2.35. The molecule has 0 saturated carbocycles. The van der Waals surface area contributed by atoms with Crippen molar-refractivity contribution in [2.24, 2.45) is 0 Å². The van der Waals surface area contributed by atoms with Crippen molar-refractivity contribution in [3.8, 4) is 11.8 Å². The summed E-state index contributed by atoms with van der Waals surface area (Å²) in [6, 6.07) is 23.2. The second kappa shape index (κ2) is 13.8. The molecule has 0 radical (unpaired) electrons. The fourth-order valence-electron chi connectivity index (χ4n) is 4.73. The van der Waals surface area contributed by atoms with Crippen molar-refractivity contribution in [1.82, 2.24) is 9.62 Å². The topological polar surface area (TPSA) is 141 Å². The molecule has 0 saturated heterocycles. The fourth-order valence-corrected chi connectivity index (χ4v) is 6.77. The Kier molecular flexibility index (Phi) is 10.2. The minimum absolute atomic E-state index is 0.0747. The number of nitriles is 1. The van der Waals surface area contributed by atoms with E-state index >= 15 is 0 Å². The van der Waals surface area contributed by atoms with Crippen LogP contribution in [0.3, 0.4) is 0 Å². The van der Waals surface area contributed by atoms with Crippen molar-refractivity contribution in [2.45, 2.75) is 24.7 Å². The standard InChI is InChI=1S/C32H33N5O5S2/c1-20-15-16-23(17-27(20)44(40,41)37(3)4)35-28(38)19-43-32-24(18-33)30(22-11-7-6-8-12-22)29(21(2)34-32)31(39)36-25-13-9-10-14-26(25)42-5/h6-17,30,34H,19H2,1-5H3,(H,35,38)(H,36,39). The lowest BCUT2D eigenvalue weighted by atomic mass is 9.82. The van der Waals surface area contributed by atoms with Gasteiger partial charge in [-0.05, 0) is 49.2 Å². The molecule has 3 N–H and O–H groups in total. The molecule has 12 heteroatoms. The summed E-state index contributed by atoms with van der Waals surface area (Å²) in [5, 5.41) is 19.6. The molecule has 1 heterocycles. The molecule has 4 rings (SSSR count). The number of nitrogens with zero attached hydrogens (tertiary/aromatic N) is 2. The van der Waals surface area contributed by atoms with E-state index in [0.29, 0.717) is 44.6 Å². The number of allylic oxidation sites excluding steroid dienone is 2. The average Bonchev–Trinajstić information content (AvgIpc) is 3.01. The van der Waals surface area contributed by atoms with Gasteiger partial charge in [-0.25, -0.2) is 12.7 Å². The van der Waals surface area contributed by atoms with Crippen LogP contribution >= 0.6 is 11.8 Å². The maximum Gasteiger partial charge on any atom is 0.254 e. The van der Waals surface area contributed by atoms with Gasteiger partial charge in [0.2, 0.25) is 15.9 Å². The number of sulfonamides is 1. The molecule has 228 valence electrons. The van der Waals surface area contributed by atoms with E-state index in [-0.39, 0.29) is 10.6 Å². The number of dihydropyridines is 1. The number of rotatable bonds is 10. The first-order chi connectivity index (χ1) is 21.0. The van der Waals surface area contributed by atoms with Crippen molar-refractivity contribution >= 4 is 45.0 Å². The Balaban J connectivity index is 1.60. The first-order valence-corrected chi connectivity index (χ1v) is 16.0. The van der Waals surface area contributed by atoms with E-state index in [1.54, 1.807) is 50.2 Å². The zero-order chi connectivity index (χ0) is 32.0. The number of hydrogen-bond acceptors (Lipinski definition) is 8. The van der Waals surface area contributed by atoms with Crippen LogP contribution in [0.2, 0.25) is 0 Å². The number of aryl methyl sites for hydroxylation is 1. The van der Waals surface area contributed by atoms with Gasteiger partial charge in [-0.3, -0.25) is 9.59 Å². The summed E-state index contributed by atoms with van der Waals surface area (Å²) in [5.74, 6) is -1.06.